The number of fused-ring (bicyclic) bond motifs is 1. The highest BCUT2D eigenvalue weighted by atomic mass is 16.5. The standard InChI is InChI=1S/C24H31NO2/c1-17(18-12-14-20(15-13-18)24(2,3)4)25-23(26)16-27-22-11-7-9-19-8-5-6-10-21(19)22/h7,9,11-15,17H,5-6,8,10,16H2,1-4H3,(H,25,26)/t17-/m0/s1. The zero-order chi connectivity index (χ0) is 19.4. The molecule has 2 aromatic carbocycles. The van der Waals surface area contributed by atoms with Crippen molar-refractivity contribution in [3.05, 3.63) is 64.7 Å². The number of hydrogen-bond donors (Lipinski definition) is 1. The van der Waals surface area contributed by atoms with Gasteiger partial charge in [0.05, 0.1) is 6.04 Å². The van der Waals surface area contributed by atoms with Crippen LogP contribution >= 0.6 is 0 Å². The van der Waals surface area contributed by atoms with E-state index in [1.54, 1.807) is 0 Å². The van der Waals surface area contributed by atoms with E-state index in [1.807, 2.05) is 19.1 Å². The fourth-order valence-corrected chi connectivity index (χ4v) is 3.66. The van der Waals surface area contributed by atoms with E-state index in [-0.39, 0.29) is 24.0 Å². The van der Waals surface area contributed by atoms with Gasteiger partial charge in [0.1, 0.15) is 5.75 Å². The van der Waals surface area contributed by atoms with Gasteiger partial charge in [-0.25, -0.2) is 0 Å². The minimum Gasteiger partial charge on any atom is -0.483 e. The number of aryl methyl sites for hydroxylation is 1. The Hall–Kier alpha value is -2.29. The van der Waals surface area contributed by atoms with Gasteiger partial charge >= 0.3 is 0 Å². The summed E-state index contributed by atoms with van der Waals surface area (Å²) in [7, 11) is 0. The summed E-state index contributed by atoms with van der Waals surface area (Å²) in [6.07, 6.45) is 4.59. The number of amides is 1. The van der Waals surface area contributed by atoms with Crippen molar-refractivity contribution in [1.29, 1.82) is 0 Å². The van der Waals surface area contributed by atoms with Gasteiger partial charge in [-0.15, -0.1) is 0 Å². The summed E-state index contributed by atoms with van der Waals surface area (Å²) in [5, 5.41) is 3.04. The van der Waals surface area contributed by atoms with Crippen molar-refractivity contribution >= 4 is 5.91 Å². The van der Waals surface area contributed by atoms with E-state index in [0.717, 1.165) is 24.2 Å². The normalized spacial score (nSPS) is 15.0. The molecule has 1 N–H and O–H groups in total. The third-order valence-corrected chi connectivity index (χ3v) is 5.37. The van der Waals surface area contributed by atoms with Crippen LogP contribution in [0.15, 0.2) is 42.5 Å². The Morgan fingerprint density at radius 3 is 2.48 bits per heavy atom. The highest BCUT2D eigenvalue weighted by molar-refractivity contribution is 5.78. The molecule has 1 aliphatic carbocycles. The SMILES string of the molecule is C[C@H](NC(=O)COc1cccc2c1CCCC2)c1ccc(C(C)(C)C)cc1. The lowest BCUT2D eigenvalue weighted by molar-refractivity contribution is -0.123. The van der Waals surface area contributed by atoms with E-state index in [0.29, 0.717) is 0 Å². The van der Waals surface area contributed by atoms with Crippen LogP contribution in [0.3, 0.4) is 0 Å². The van der Waals surface area contributed by atoms with Gasteiger partial charge in [-0.2, -0.15) is 0 Å². The molecule has 0 saturated heterocycles. The number of hydrogen-bond acceptors (Lipinski definition) is 2. The van der Waals surface area contributed by atoms with Crippen LogP contribution in [0.5, 0.6) is 5.75 Å². The first kappa shape index (κ1) is 19.5. The second-order valence-corrected chi connectivity index (χ2v) is 8.55. The highest BCUT2D eigenvalue weighted by Crippen LogP contribution is 2.29. The molecule has 3 rings (SSSR count). The Labute approximate surface area is 163 Å². The van der Waals surface area contributed by atoms with Gasteiger partial charge in [0, 0.05) is 0 Å². The molecule has 2 aromatic rings. The summed E-state index contributed by atoms with van der Waals surface area (Å²) >= 11 is 0. The van der Waals surface area contributed by atoms with Gasteiger partial charge in [0.2, 0.25) is 0 Å². The van der Waals surface area contributed by atoms with E-state index in [2.05, 4.69) is 56.4 Å². The molecule has 0 saturated carbocycles. The van der Waals surface area contributed by atoms with Gasteiger partial charge < -0.3 is 10.1 Å². The summed E-state index contributed by atoms with van der Waals surface area (Å²) < 4.78 is 5.85. The molecule has 0 spiro atoms. The molecule has 1 atom stereocenters. The second kappa shape index (κ2) is 8.16. The molecule has 0 radical (unpaired) electrons. The number of rotatable bonds is 5. The van der Waals surface area contributed by atoms with Gasteiger partial charge in [0.15, 0.2) is 6.61 Å². The van der Waals surface area contributed by atoms with E-state index in [4.69, 9.17) is 4.74 Å². The van der Waals surface area contributed by atoms with E-state index in [1.165, 1.54) is 29.5 Å². The minimum atomic E-state index is -0.0872. The molecule has 3 heteroatoms. The number of carbonyl (C=O) groups is 1. The van der Waals surface area contributed by atoms with Crippen LogP contribution < -0.4 is 10.1 Å². The fraction of sp³-hybridized carbons (Fsp3) is 0.458. The molecule has 1 amide bonds. The van der Waals surface area contributed by atoms with Crippen molar-refractivity contribution in [3.63, 3.8) is 0 Å². The Balaban J connectivity index is 1.56. The lowest BCUT2D eigenvalue weighted by Crippen LogP contribution is -2.31. The van der Waals surface area contributed by atoms with E-state index in [9.17, 15) is 4.79 Å². The maximum atomic E-state index is 12.4. The summed E-state index contributed by atoms with van der Waals surface area (Å²) in [5.41, 5.74) is 5.18. The van der Waals surface area contributed by atoms with Crippen molar-refractivity contribution in [3.8, 4) is 5.75 Å². The fourth-order valence-electron chi connectivity index (χ4n) is 3.66. The van der Waals surface area contributed by atoms with Gasteiger partial charge in [-0.3, -0.25) is 4.79 Å². The summed E-state index contributed by atoms with van der Waals surface area (Å²) in [6, 6.07) is 14.6. The molecule has 1 aliphatic rings. The Kier molecular flexibility index (Phi) is 5.88. The van der Waals surface area contributed by atoms with Crippen LogP contribution in [0.4, 0.5) is 0 Å². The third kappa shape index (κ3) is 4.91. The molecule has 0 aliphatic heterocycles. The van der Waals surface area contributed by atoms with E-state index < -0.39 is 0 Å². The molecule has 0 bridgehead atoms. The van der Waals surface area contributed by atoms with Crippen LogP contribution in [0.25, 0.3) is 0 Å². The molecular weight excluding hydrogens is 334 g/mol. The molecule has 0 unspecified atom stereocenters. The summed E-state index contributed by atoms with van der Waals surface area (Å²) in [6.45, 7) is 8.67. The zero-order valence-corrected chi connectivity index (χ0v) is 17.0. The first-order valence-electron chi connectivity index (χ1n) is 9.98. The predicted molar refractivity (Wildman–Crippen MR) is 110 cm³/mol. The smallest absolute Gasteiger partial charge is 0.258 e. The first-order chi connectivity index (χ1) is 12.8. The van der Waals surface area contributed by atoms with E-state index >= 15 is 0 Å². The van der Waals surface area contributed by atoms with Crippen molar-refractivity contribution in [2.75, 3.05) is 6.61 Å². The Morgan fingerprint density at radius 1 is 1.07 bits per heavy atom. The summed E-state index contributed by atoms with van der Waals surface area (Å²) in [5.74, 6) is 0.778. The molecule has 144 valence electrons. The maximum absolute atomic E-state index is 12.4. The van der Waals surface area contributed by atoms with Gasteiger partial charge in [0.25, 0.3) is 5.91 Å². The maximum Gasteiger partial charge on any atom is 0.258 e. The third-order valence-electron chi connectivity index (χ3n) is 5.37. The molecule has 0 heterocycles. The monoisotopic (exact) mass is 365 g/mol. The predicted octanol–water partition coefficient (Wildman–Crippen LogP) is 5.12. The Morgan fingerprint density at radius 2 is 1.78 bits per heavy atom. The molecule has 0 aromatic heterocycles. The van der Waals surface area contributed by atoms with Crippen LogP contribution in [-0.2, 0) is 23.1 Å². The number of ether oxygens (including phenoxy) is 1. The Bertz CT molecular complexity index is 787. The number of benzene rings is 2. The van der Waals surface area contributed by atoms with Crippen molar-refractivity contribution in [2.24, 2.45) is 0 Å². The number of nitrogens with one attached hydrogen (secondary N) is 1. The van der Waals surface area contributed by atoms with Gasteiger partial charge in [-0.05, 0) is 66.3 Å². The lowest BCUT2D eigenvalue weighted by atomic mass is 9.86. The largest absolute Gasteiger partial charge is 0.483 e. The molecule has 3 nitrogen and oxygen atoms in total. The van der Waals surface area contributed by atoms with Crippen molar-refractivity contribution < 1.29 is 9.53 Å². The average Bonchev–Trinajstić information content (AvgIpc) is 2.65. The quantitative estimate of drug-likeness (QED) is 0.799. The van der Waals surface area contributed by atoms with Crippen LogP contribution in [0, 0.1) is 0 Å². The molecule has 27 heavy (non-hydrogen) atoms. The van der Waals surface area contributed by atoms with Crippen molar-refractivity contribution in [2.45, 2.75) is 64.8 Å². The van der Waals surface area contributed by atoms with Crippen LogP contribution in [-0.4, -0.2) is 12.5 Å². The minimum absolute atomic E-state index is 0.0418. The molecular formula is C24H31NO2. The topological polar surface area (TPSA) is 38.3 Å². The second-order valence-electron chi connectivity index (χ2n) is 8.55. The van der Waals surface area contributed by atoms with Crippen LogP contribution in [0.1, 0.15) is 68.8 Å². The highest BCUT2D eigenvalue weighted by Gasteiger charge is 2.17. The van der Waals surface area contributed by atoms with Crippen molar-refractivity contribution in [1.82, 2.24) is 5.32 Å². The zero-order valence-electron chi connectivity index (χ0n) is 17.0. The average molecular weight is 366 g/mol. The first-order valence-corrected chi connectivity index (χ1v) is 9.98. The molecule has 0 fully saturated rings. The van der Waals surface area contributed by atoms with Crippen LogP contribution in [0.2, 0.25) is 0 Å². The lowest BCUT2D eigenvalue weighted by Gasteiger charge is -2.21. The van der Waals surface area contributed by atoms with Gasteiger partial charge in [-0.1, -0.05) is 57.2 Å². The number of carbonyl (C=O) groups excluding carboxylic acids is 1. The summed E-state index contributed by atoms with van der Waals surface area (Å²) in [4.78, 5) is 12.4.